The van der Waals surface area contributed by atoms with E-state index in [0.29, 0.717) is 12.2 Å². The van der Waals surface area contributed by atoms with Crippen LogP contribution in [0.3, 0.4) is 0 Å². The molecule has 2 fully saturated rings. The second-order valence-corrected chi connectivity index (χ2v) is 8.78. The van der Waals surface area contributed by atoms with Crippen LogP contribution in [-0.4, -0.2) is 37.8 Å². The molecule has 0 amide bonds. The smallest absolute Gasteiger partial charge is 0.128 e. The van der Waals surface area contributed by atoms with Gasteiger partial charge in [-0.25, -0.2) is 0 Å². The first-order chi connectivity index (χ1) is 12.5. The summed E-state index contributed by atoms with van der Waals surface area (Å²) >= 11 is 0. The Kier molecular flexibility index (Phi) is 6.21. The molecule has 3 rings (SSSR count). The van der Waals surface area contributed by atoms with Crippen molar-refractivity contribution in [1.29, 1.82) is 5.26 Å². The summed E-state index contributed by atoms with van der Waals surface area (Å²) in [5.74, 6) is 0.562. The van der Waals surface area contributed by atoms with Gasteiger partial charge < -0.3 is 14.9 Å². The van der Waals surface area contributed by atoms with E-state index in [1.54, 1.807) is 9.80 Å². The second-order valence-electron chi connectivity index (χ2n) is 8.78. The van der Waals surface area contributed by atoms with Gasteiger partial charge in [-0.3, -0.25) is 0 Å². The third-order valence-electron chi connectivity index (χ3n) is 6.64. The maximum Gasteiger partial charge on any atom is 0.128 e. The molecule has 1 aliphatic carbocycles. The molecule has 0 radical (unpaired) electrons. The average Bonchev–Trinajstić information content (AvgIpc) is 2.64. The van der Waals surface area contributed by atoms with E-state index in [1.807, 2.05) is 0 Å². The van der Waals surface area contributed by atoms with Gasteiger partial charge in [-0.1, -0.05) is 37.8 Å². The van der Waals surface area contributed by atoms with Gasteiger partial charge in [0.05, 0.1) is 19.0 Å². The van der Waals surface area contributed by atoms with Gasteiger partial charge in [0, 0.05) is 11.1 Å². The summed E-state index contributed by atoms with van der Waals surface area (Å²) in [5, 5.41) is 19.8. The van der Waals surface area contributed by atoms with Crippen LogP contribution in [0.15, 0.2) is 12.1 Å². The van der Waals surface area contributed by atoms with Crippen LogP contribution in [0.5, 0.6) is 5.75 Å². The van der Waals surface area contributed by atoms with Gasteiger partial charge in [0.25, 0.3) is 0 Å². The van der Waals surface area contributed by atoms with Crippen molar-refractivity contribution in [3.63, 3.8) is 0 Å². The lowest BCUT2D eigenvalue weighted by atomic mass is 9.70. The minimum Gasteiger partial charge on any atom is -0.507 e. The van der Waals surface area contributed by atoms with Gasteiger partial charge >= 0.3 is 0 Å². The number of phenols is 1. The Bertz CT molecular complexity index is 650. The van der Waals surface area contributed by atoms with Gasteiger partial charge in [-0.2, -0.15) is 5.26 Å². The molecule has 26 heavy (non-hydrogen) atoms. The fourth-order valence-corrected chi connectivity index (χ4v) is 4.94. The number of nitrogens with zero attached hydrogens (tertiary/aromatic N) is 1. The highest BCUT2D eigenvalue weighted by atomic mass is 16.3. The number of nitrogens with one attached hydrogen (secondary N) is 2. The lowest BCUT2D eigenvalue weighted by molar-refractivity contribution is -1.02. The molecule has 0 bridgehead atoms. The molecule has 2 aliphatic rings. The topological polar surface area (TPSA) is 52.9 Å². The van der Waals surface area contributed by atoms with E-state index in [4.69, 9.17) is 5.26 Å². The highest BCUT2D eigenvalue weighted by Crippen LogP contribution is 2.44. The molecular weight excluding hydrogens is 322 g/mol. The third kappa shape index (κ3) is 4.39. The molecule has 0 spiro atoms. The summed E-state index contributed by atoms with van der Waals surface area (Å²) in [7, 11) is 0. The Morgan fingerprint density at radius 3 is 2.38 bits per heavy atom. The number of aryl methyl sites for hydroxylation is 1. The van der Waals surface area contributed by atoms with Gasteiger partial charge in [0.2, 0.25) is 0 Å². The Labute approximate surface area is 158 Å². The van der Waals surface area contributed by atoms with E-state index >= 15 is 0 Å². The minimum absolute atomic E-state index is 0.137. The fraction of sp³-hybridized carbons (Fsp3) is 0.682. The summed E-state index contributed by atoms with van der Waals surface area (Å²) in [6.45, 7) is 10.9. The lowest BCUT2D eigenvalue weighted by Gasteiger charge is -2.35. The summed E-state index contributed by atoms with van der Waals surface area (Å²) in [6.07, 6.45) is 6.92. The molecule has 1 heterocycles. The molecule has 3 N–H and O–H groups in total. The highest BCUT2D eigenvalue weighted by molar-refractivity contribution is 5.47. The Morgan fingerprint density at radius 1 is 1.08 bits per heavy atom. The van der Waals surface area contributed by atoms with E-state index < -0.39 is 0 Å². The standard InChI is InChI=1S/C22H33N3O/c1-18-15-19(17-25-13-11-24(12-14-25)10-6-9-23)21(26)20(16-18)22(2)7-4-3-5-8-22/h15-16,26H,3-8,10-14,17H2,1-2H3/p+2. The first-order valence-electron chi connectivity index (χ1n) is 10.4. The van der Waals surface area contributed by atoms with Crippen molar-refractivity contribution in [2.24, 2.45) is 0 Å². The minimum atomic E-state index is 0.137. The molecule has 0 aromatic heterocycles. The van der Waals surface area contributed by atoms with Crippen LogP contribution in [0.1, 0.15) is 62.1 Å². The number of hydrogen-bond donors (Lipinski definition) is 3. The lowest BCUT2D eigenvalue weighted by Crippen LogP contribution is -3.27. The van der Waals surface area contributed by atoms with Crippen LogP contribution < -0.4 is 9.80 Å². The van der Waals surface area contributed by atoms with Crippen molar-refractivity contribution in [2.75, 3.05) is 32.7 Å². The predicted octanol–water partition coefficient (Wildman–Crippen LogP) is 1.12. The number of hydrogen-bond acceptors (Lipinski definition) is 2. The van der Waals surface area contributed by atoms with Crippen molar-refractivity contribution < 1.29 is 14.9 Å². The number of aromatic hydroxyl groups is 1. The maximum atomic E-state index is 11.1. The molecule has 1 saturated heterocycles. The molecule has 1 saturated carbocycles. The van der Waals surface area contributed by atoms with Crippen LogP contribution in [0, 0.1) is 18.3 Å². The summed E-state index contributed by atoms with van der Waals surface area (Å²) in [6, 6.07) is 6.67. The number of quaternary nitrogens is 2. The largest absolute Gasteiger partial charge is 0.507 e. The Morgan fingerprint density at radius 2 is 1.73 bits per heavy atom. The van der Waals surface area contributed by atoms with E-state index in [-0.39, 0.29) is 5.41 Å². The van der Waals surface area contributed by atoms with E-state index in [2.05, 4.69) is 32.0 Å². The number of nitriles is 1. The first-order valence-corrected chi connectivity index (χ1v) is 10.4. The van der Waals surface area contributed by atoms with E-state index in [0.717, 1.165) is 44.8 Å². The molecule has 4 heteroatoms. The molecule has 1 aromatic carbocycles. The number of rotatable bonds is 5. The zero-order valence-electron chi connectivity index (χ0n) is 16.5. The summed E-state index contributed by atoms with van der Waals surface area (Å²) in [5.41, 5.74) is 3.72. The highest BCUT2D eigenvalue weighted by Gasteiger charge is 2.33. The van der Waals surface area contributed by atoms with Crippen LogP contribution in [0.2, 0.25) is 0 Å². The van der Waals surface area contributed by atoms with Crippen molar-refractivity contribution in [2.45, 2.75) is 64.3 Å². The molecule has 0 atom stereocenters. The molecular formula is C22H35N3O+2. The summed E-state index contributed by atoms with van der Waals surface area (Å²) in [4.78, 5) is 3.12. The van der Waals surface area contributed by atoms with Crippen LogP contribution >= 0.6 is 0 Å². The van der Waals surface area contributed by atoms with Gasteiger partial charge in [-0.15, -0.1) is 0 Å². The zero-order chi connectivity index (χ0) is 18.6. The average molecular weight is 358 g/mol. The van der Waals surface area contributed by atoms with Crippen LogP contribution in [-0.2, 0) is 12.0 Å². The van der Waals surface area contributed by atoms with Crippen LogP contribution in [0.4, 0.5) is 0 Å². The van der Waals surface area contributed by atoms with E-state index in [1.165, 1.54) is 43.2 Å². The van der Waals surface area contributed by atoms with Gasteiger partial charge in [-0.05, 0) is 31.2 Å². The molecule has 142 valence electrons. The maximum absolute atomic E-state index is 11.1. The fourth-order valence-electron chi connectivity index (χ4n) is 4.94. The normalized spacial score (nSPS) is 25.6. The van der Waals surface area contributed by atoms with Crippen molar-refractivity contribution >= 4 is 0 Å². The second kappa shape index (κ2) is 8.41. The van der Waals surface area contributed by atoms with Crippen LogP contribution in [0.25, 0.3) is 0 Å². The molecule has 1 aromatic rings. The van der Waals surface area contributed by atoms with Crippen molar-refractivity contribution in [1.82, 2.24) is 0 Å². The summed E-state index contributed by atoms with van der Waals surface area (Å²) < 4.78 is 0. The molecule has 1 aliphatic heterocycles. The number of benzene rings is 1. The number of phenolic OH excluding ortho intramolecular Hbond substituents is 1. The Hall–Kier alpha value is -1.57. The predicted molar refractivity (Wildman–Crippen MR) is 103 cm³/mol. The Balaban J connectivity index is 1.70. The van der Waals surface area contributed by atoms with Crippen molar-refractivity contribution in [3.8, 4) is 11.8 Å². The monoisotopic (exact) mass is 357 g/mol. The van der Waals surface area contributed by atoms with Gasteiger partial charge in [0.1, 0.15) is 38.5 Å². The van der Waals surface area contributed by atoms with Gasteiger partial charge in [0.15, 0.2) is 0 Å². The number of piperazine rings is 1. The zero-order valence-corrected chi connectivity index (χ0v) is 16.5. The molecule has 0 unspecified atom stereocenters. The molecule has 4 nitrogen and oxygen atoms in total. The SMILES string of the molecule is Cc1cc(C[NH+]2CC[NH+](CCC#N)CC2)c(O)c(C2(C)CCCCC2)c1. The third-order valence-corrected chi connectivity index (χ3v) is 6.64. The van der Waals surface area contributed by atoms with Crippen molar-refractivity contribution in [3.05, 3.63) is 28.8 Å². The first kappa shape index (κ1) is 19.2. The quantitative estimate of drug-likeness (QED) is 0.740. The van der Waals surface area contributed by atoms with E-state index in [9.17, 15) is 5.11 Å².